The second-order valence-electron chi connectivity index (χ2n) is 6.26. The van der Waals surface area contributed by atoms with Crippen molar-refractivity contribution in [3.8, 4) is 0 Å². The van der Waals surface area contributed by atoms with Gasteiger partial charge in [0.25, 0.3) is 5.91 Å². The molecule has 0 spiro atoms. The second-order valence-corrected chi connectivity index (χ2v) is 8.28. The Morgan fingerprint density at radius 3 is 2.62 bits per heavy atom. The summed E-state index contributed by atoms with van der Waals surface area (Å²) in [6.07, 6.45) is 4.25. The number of carbonyl (C=O) groups is 2. The molecule has 1 aliphatic rings. The minimum atomic E-state index is -3.42. The van der Waals surface area contributed by atoms with Gasteiger partial charge in [-0.25, -0.2) is 13.2 Å². The third-order valence-electron chi connectivity index (χ3n) is 4.21. The van der Waals surface area contributed by atoms with Crippen LogP contribution in [0.25, 0.3) is 0 Å². The van der Waals surface area contributed by atoms with Crippen molar-refractivity contribution < 1.29 is 22.7 Å². The van der Waals surface area contributed by atoms with Gasteiger partial charge in [0.2, 0.25) is 0 Å². The summed E-state index contributed by atoms with van der Waals surface area (Å²) in [5.74, 6) is -1.20. The van der Waals surface area contributed by atoms with Crippen molar-refractivity contribution in [3.63, 3.8) is 0 Å². The second kappa shape index (κ2) is 7.29. The predicted molar refractivity (Wildman–Crippen MR) is 96.9 cm³/mol. The van der Waals surface area contributed by atoms with Crippen LogP contribution >= 0.6 is 0 Å². The van der Waals surface area contributed by atoms with Crippen LogP contribution in [0.5, 0.6) is 0 Å². The van der Waals surface area contributed by atoms with Gasteiger partial charge in [-0.3, -0.25) is 4.79 Å². The zero-order chi connectivity index (χ0) is 18.7. The number of fused-ring (bicyclic) bond motifs is 1. The largest absolute Gasteiger partial charge is 0.452 e. The number of carbonyl (C=O) groups excluding carboxylic acids is 2. The van der Waals surface area contributed by atoms with Gasteiger partial charge in [0.05, 0.1) is 10.5 Å². The highest BCUT2D eigenvalue weighted by Crippen LogP contribution is 2.24. The van der Waals surface area contributed by atoms with Gasteiger partial charge in [-0.2, -0.15) is 0 Å². The lowest BCUT2D eigenvalue weighted by molar-refractivity contribution is -0.119. The van der Waals surface area contributed by atoms with Gasteiger partial charge in [-0.05, 0) is 60.7 Å². The summed E-state index contributed by atoms with van der Waals surface area (Å²) < 4.78 is 28.1. The number of nitrogens with one attached hydrogen (secondary N) is 1. The number of amides is 1. The first-order valence-corrected chi connectivity index (χ1v) is 10.1. The molecule has 0 aromatic heterocycles. The third kappa shape index (κ3) is 4.29. The SMILES string of the molecule is CS(=O)(=O)c1cccc(C(=O)OCC(=O)Nc2ccc3c(c2)CCC3)c1. The summed E-state index contributed by atoms with van der Waals surface area (Å²) in [5.41, 5.74) is 3.29. The van der Waals surface area contributed by atoms with E-state index in [1.807, 2.05) is 18.2 Å². The number of anilines is 1. The van der Waals surface area contributed by atoms with Gasteiger partial charge < -0.3 is 10.1 Å². The van der Waals surface area contributed by atoms with Gasteiger partial charge in [-0.1, -0.05) is 12.1 Å². The number of aryl methyl sites for hydroxylation is 2. The maximum absolute atomic E-state index is 12.0. The van der Waals surface area contributed by atoms with Crippen LogP contribution in [0.2, 0.25) is 0 Å². The Kier molecular flexibility index (Phi) is 5.08. The molecule has 0 saturated heterocycles. The van der Waals surface area contributed by atoms with Gasteiger partial charge in [0.15, 0.2) is 16.4 Å². The Morgan fingerprint density at radius 1 is 1.08 bits per heavy atom. The average Bonchev–Trinajstić information content (AvgIpc) is 3.07. The van der Waals surface area contributed by atoms with Crippen molar-refractivity contribution in [1.82, 2.24) is 0 Å². The molecule has 2 aromatic rings. The van der Waals surface area contributed by atoms with E-state index in [1.165, 1.54) is 35.4 Å². The van der Waals surface area contributed by atoms with Crippen LogP contribution < -0.4 is 5.32 Å². The lowest BCUT2D eigenvalue weighted by atomic mass is 10.1. The highest BCUT2D eigenvalue weighted by Gasteiger charge is 2.15. The fourth-order valence-electron chi connectivity index (χ4n) is 2.91. The fraction of sp³-hybridized carbons (Fsp3) is 0.263. The normalized spacial score (nSPS) is 13.1. The van der Waals surface area contributed by atoms with E-state index in [9.17, 15) is 18.0 Å². The summed E-state index contributed by atoms with van der Waals surface area (Å²) >= 11 is 0. The monoisotopic (exact) mass is 373 g/mol. The molecule has 26 heavy (non-hydrogen) atoms. The molecule has 7 heteroatoms. The molecule has 0 saturated carbocycles. The maximum atomic E-state index is 12.0. The van der Waals surface area contributed by atoms with E-state index >= 15 is 0 Å². The van der Waals surface area contributed by atoms with E-state index in [1.54, 1.807) is 0 Å². The summed E-state index contributed by atoms with van der Waals surface area (Å²) in [6.45, 7) is -0.445. The molecule has 0 atom stereocenters. The summed E-state index contributed by atoms with van der Waals surface area (Å²) in [6, 6.07) is 11.3. The van der Waals surface area contributed by atoms with Crippen LogP contribution in [0.3, 0.4) is 0 Å². The number of hydrogen-bond donors (Lipinski definition) is 1. The van der Waals surface area contributed by atoms with E-state index in [4.69, 9.17) is 4.74 Å². The quantitative estimate of drug-likeness (QED) is 0.813. The van der Waals surface area contributed by atoms with Crippen LogP contribution in [0.15, 0.2) is 47.4 Å². The Balaban J connectivity index is 1.58. The Bertz CT molecular complexity index is 966. The van der Waals surface area contributed by atoms with Gasteiger partial charge in [0.1, 0.15) is 0 Å². The van der Waals surface area contributed by atoms with Crippen LogP contribution in [0.1, 0.15) is 27.9 Å². The van der Waals surface area contributed by atoms with Crippen LogP contribution in [0, 0.1) is 0 Å². The summed E-state index contributed by atoms with van der Waals surface area (Å²) in [7, 11) is -3.42. The zero-order valence-electron chi connectivity index (χ0n) is 14.3. The molecule has 3 rings (SSSR count). The molecule has 1 aliphatic carbocycles. The standard InChI is InChI=1S/C19H19NO5S/c1-26(23,24)17-7-3-6-15(11-17)19(22)25-12-18(21)20-16-9-8-13-4-2-5-14(13)10-16/h3,6-11H,2,4-5,12H2,1H3,(H,20,21). The number of esters is 1. The maximum Gasteiger partial charge on any atom is 0.338 e. The van der Waals surface area contributed by atoms with Crippen molar-refractivity contribution in [2.75, 3.05) is 18.2 Å². The van der Waals surface area contributed by atoms with E-state index in [0.29, 0.717) is 5.69 Å². The average molecular weight is 373 g/mol. The number of sulfone groups is 1. The highest BCUT2D eigenvalue weighted by molar-refractivity contribution is 7.90. The molecular formula is C19H19NO5S. The number of rotatable bonds is 5. The van der Waals surface area contributed by atoms with E-state index < -0.39 is 28.3 Å². The molecule has 0 unspecified atom stereocenters. The van der Waals surface area contributed by atoms with E-state index in [0.717, 1.165) is 25.5 Å². The molecule has 0 aliphatic heterocycles. The van der Waals surface area contributed by atoms with Crippen molar-refractivity contribution in [1.29, 1.82) is 0 Å². The Morgan fingerprint density at radius 2 is 1.85 bits per heavy atom. The van der Waals surface area contributed by atoms with Crippen molar-refractivity contribution in [2.24, 2.45) is 0 Å². The fourth-order valence-corrected chi connectivity index (χ4v) is 3.58. The van der Waals surface area contributed by atoms with Gasteiger partial charge >= 0.3 is 5.97 Å². The van der Waals surface area contributed by atoms with E-state index in [2.05, 4.69) is 5.32 Å². The minimum Gasteiger partial charge on any atom is -0.452 e. The molecule has 2 aromatic carbocycles. The predicted octanol–water partition coefficient (Wildman–Crippen LogP) is 2.37. The smallest absolute Gasteiger partial charge is 0.338 e. The van der Waals surface area contributed by atoms with Crippen molar-refractivity contribution in [2.45, 2.75) is 24.2 Å². The molecule has 0 heterocycles. The minimum absolute atomic E-state index is 0.0227. The first-order chi connectivity index (χ1) is 12.3. The molecule has 1 amide bonds. The molecule has 0 fully saturated rings. The van der Waals surface area contributed by atoms with Crippen LogP contribution in [-0.2, 0) is 32.2 Å². The topological polar surface area (TPSA) is 89.5 Å². The first-order valence-electron chi connectivity index (χ1n) is 8.22. The van der Waals surface area contributed by atoms with Gasteiger partial charge in [0, 0.05) is 11.9 Å². The number of ether oxygens (including phenoxy) is 1. The van der Waals surface area contributed by atoms with E-state index in [-0.39, 0.29) is 10.5 Å². The molecular weight excluding hydrogens is 354 g/mol. The molecule has 136 valence electrons. The summed E-state index contributed by atoms with van der Waals surface area (Å²) in [5, 5.41) is 2.70. The molecule has 0 radical (unpaired) electrons. The molecule has 6 nitrogen and oxygen atoms in total. The Labute approximate surface area is 152 Å². The lowest BCUT2D eigenvalue weighted by Gasteiger charge is -2.09. The van der Waals surface area contributed by atoms with Gasteiger partial charge in [-0.15, -0.1) is 0 Å². The Hall–Kier alpha value is -2.67. The molecule has 0 bridgehead atoms. The zero-order valence-corrected chi connectivity index (χ0v) is 15.1. The number of hydrogen-bond acceptors (Lipinski definition) is 5. The van der Waals surface area contributed by atoms with Crippen molar-refractivity contribution in [3.05, 3.63) is 59.2 Å². The van der Waals surface area contributed by atoms with Crippen molar-refractivity contribution >= 4 is 27.4 Å². The highest BCUT2D eigenvalue weighted by atomic mass is 32.2. The third-order valence-corrected chi connectivity index (χ3v) is 5.32. The first kappa shape index (κ1) is 18.1. The van der Waals surface area contributed by atoms with Crippen LogP contribution in [0.4, 0.5) is 5.69 Å². The number of benzene rings is 2. The molecule has 1 N–H and O–H groups in total. The lowest BCUT2D eigenvalue weighted by Crippen LogP contribution is -2.21. The summed E-state index contributed by atoms with van der Waals surface area (Å²) in [4.78, 5) is 24.1. The van der Waals surface area contributed by atoms with Crippen LogP contribution in [-0.4, -0.2) is 33.2 Å².